The molecule has 0 saturated carbocycles. The Bertz CT molecular complexity index is 1010. The van der Waals surface area contributed by atoms with Gasteiger partial charge in [0.1, 0.15) is 11.8 Å². The third kappa shape index (κ3) is 4.47. The van der Waals surface area contributed by atoms with E-state index in [0.717, 1.165) is 43.5 Å². The van der Waals surface area contributed by atoms with Crippen molar-refractivity contribution in [1.29, 1.82) is 5.26 Å². The van der Waals surface area contributed by atoms with E-state index in [0.29, 0.717) is 23.1 Å². The summed E-state index contributed by atoms with van der Waals surface area (Å²) in [5, 5.41) is 15.2. The number of nitriles is 1. The summed E-state index contributed by atoms with van der Waals surface area (Å²) in [7, 11) is -0.807. The predicted octanol–water partition coefficient (Wildman–Crippen LogP) is 2.54. The molecule has 1 fully saturated rings. The SMILES string of the molecule is N#Cc1cnc(C(=O)Nc2ccc(C3CCNCC3)cc2C2=CCS(=O)CC2)[nH]1. The molecule has 0 radical (unpaired) electrons. The average Bonchev–Trinajstić information content (AvgIpc) is 3.25. The number of hydrogen-bond acceptors (Lipinski definition) is 5. The van der Waals surface area contributed by atoms with Gasteiger partial charge in [-0.2, -0.15) is 5.26 Å². The number of aromatic amines is 1. The van der Waals surface area contributed by atoms with Crippen LogP contribution in [0.25, 0.3) is 5.57 Å². The Hall–Kier alpha value is -2.76. The Labute approximate surface area is 172 Å². The monoisotopic (exact) mass is 409 g/mol. The number of benzene rings is 1. The number of nitrogens with zero attached hydrogens (tertiary/aromatic N) is 2. The molecule has 1 aromatic carbocycles. The standard InChI is InChI=1S/C21H23N5O2S/c22-12-17-13-24-20(25-17)21(27)26-19-2-1-16(14-3-7-23-8-4-14)11-18(19)15-5-9-29(28)10-6-15/h1-2,5,11,13-14,23H,3-4,6-10H2,(H,24,25)(H,26,27). The normalized spacial score (nSPS) is 20.0. The number of H-pyrrole nitrogens is 1. The van der Waals surface area contributed by atoms with Crippen molar-refractivity contribution in [1.82, 2.24) is 15.3 Å². The van der Waals surface area contributed by atoms with Gasteiger partial charge in [-0.3, -0.25) is 9.00 Å². The Morgan fingerprint density at radius 3 is 2.83 bits per heavy atom. The summed E-state index contributed by atoms with van der Waals surface area (Å²) in [6.45, 7) is 2.03. The number of anilines is 1. The molecule has 2 aromatic rings. The maximum atomic E-state index is 12.6. The summed E-state index contributed by atoms with van der Waals surface area (Å²) < 4.78 is 11.8. The molecule has 3 N–H and O–H groups in total. The van der Waals surface area contributed by atoms with Crippen LogP contribution in [0, 0.1) is 11.3 Å². The van der Waals surface area contributed by atoms with Gasteiger partial charge in [0, 0.05) is 33.6 Å². The number of aromatic nitrogens is 2. The highest BCUT2D eigenvalue weighted by molar-refractivity contribution is 7.85. The Morgan fingerprint density at radius 2 is 2.14 bits per heavy atom. The van der Waals surface area contributed by atoms with E-state index in [1.807, 2.05) is 18.2 Å². The molecule has 3 heterocycles. The molecule has 1 aromatic heterocycles. The number of hydrogen-bond donors (Lipinski definition) is 3. The van der Waals surface area contributed by atoms with Crippen LogP contribution in [-0.4, -0.2) is 44.7 Å². The lowest BCUT2D eigenvalue weighted by Crippen LogP contribution is -2.26. The highest BCUT2D eigenvalue weighted by atomic mass is 32.2. The van der Waals surface area contributed by atoms with Gasteiger partial charge in [-0.15, -0.1) is 0 Å². The van der Waals surface area contributed by atoms with E-state index in [-0.39, 0.29) is 17.4 Å². The van der Waals surface area contributed by atoms with Gasteiger partial charge in [-0.25, -0.2) is 4.98 Å². The van der Waals surface area contributed by atoms with Gasteiger partial charge in [0.15, 0.2) is 5.82 Å². The fourth-order valence-electron chi connectivity index (χ4n) is 3.87. The fourth-order valence-corrected chi connectivity index (χ4v) is 4.87. The zero-order chi connectivity index (χ0) is 20.2. The molecule has 4 rings (SSSR count). The van der Waals surface area contributed by atoms with E-state index >= 15 is 0 Å². The second-order valence-corrected chi connectivity index (χ2v) is 8.95. The lowest BCUT2D eigenvalue weighted by atomic mass is 9.87. The number of imidazole rings is 1. The number of rotatable bonds is 4. The van der Waals surface area contributed by atoms with Crippen molar-refractivity contribution in [3.05, 3.63) is 53.1 Å². The number of piperidine rings is 1. The van der Waals surface area contributed by atoms with Crippen LogP contribution in [0.5, 0.6) is 0 Å². The second kappa shape index (κ2) is 8.72. The van der Waals surface area contributed by atoms with E-state index in [9.17, 15) is 9.00 Å². The summed E-state index contributed by atoms with van der Waals surface area (Å²) in [4.78, 5) is 19.3. The molecule has 150 valence electrons. The molecule has 1 amide bonds. The van der Waals surface area contributed by atoms with Crippen molar-refractivity contribution in [3.8, 4) is 6.07 Å². The third-order valence-electron chi connectivity index (χ3n) is 5.47. The summed E-state index contributed by atoms with van der Waals surface area (Å²) in [5.74, 6) is 1.40. The minimum Gasteiger partial charge on any atom is -0.326 e. The van der Waals surface area contributed by atoms with Crippen molar-refractivity contribution in [2.75, 3.05) is 29.9 Å². The molecular formula is C21H23N5O2S. The van der Waals surface area contributed by atoms with Crippen LogP contribution in [0.1, 0.15) is 52.6 Å². The minimum absolute atomic E-state index is 0.105. The fraction of sp³-hybridized carbons (Fsp3) is 0.381. The Balaban J connectivity index is 1.65. The molecule has 2 aliphatic heterocycles. The molecule has 1 unspecified atom stereocenters. The van der Waals surface area contributed by atoms with Gasteiger partial charge in [-0.1, -0.05) is 12.1 Å². The van der Waals surface area contributed by atoms with E-state index < -0.39 is 10.8 Å². The number of allylic oxidation sites excluding steroid dienone is 1. The third-order valence-corrected chi connectivity index (χ3v) is 6.67. The minimum atomic E-state index is -0.807. The number of amides is 1. The first-order chi connectivity index (χ1) is 14.1. The van der Waals surface area contributed by atoms with Crippen molar-refractivity contribution in [2.24, 2.45) is 0 Å². The highest BCUT2D eigenvalue weighted by Gasteiger charge is 2.21. The van der Waals surface area contributed by atoms with Gasteiger partial charge in [0.25, 0.3) is 5.91 Å². The molecular weight excluding hydrogens is 386 g/mol. The molecule has 0 bridgehead atoms. The molecule has 8 heteroatoms. The molecule has 0 spiro atoms. The van der Waals surface area contributed by atoms with E-state index in [4.69, 9.17) is 5.26 Å². The summed E-state index contributed by atoms with van der Waals surface area (Å²) in [5.41, 5.74) is 4.33. The van der Waals surface area contributed by atoms with Crippen molar-refractivity contribution in [2.45, 2.75) is 25.2 Å². The first-order valence-electron chi connectivity index (χ1n) is 9.79. The lowest BCUT2D eigenvalue weighted by Gasteiger charge is -2.25. The van der Waals surface area contributed by atoms with Gasteiger partial charge >= 0.3 is 0 Å². The number of carbonyl (C=O) groups excluding carboxylic acids is 1. The van der Waals surface area contributed by atoms with Crippen molar-refractivity contribution >= 4 is 28.0 Å². The van der Waals surface area contributed by atoms with E-state index in [2.05, 4.69) is 32.7 Å². The van der Waals surface area contributed by atoms with Crippen LogP contribution in [0.3, 0.4) is 0 Å². The van der Waals surface area contributed by atoms with E-state index in [1.165, 1.54) is 11.8 Å². The van der Waals surface area contributed by atoms with Crippen LogP contribution in [-0.2, 0) is 10.8 Å². The zero-order valence-electron chi connectivity index (χ0n) is 16.0. The van der Waals surface area contributed by atoms with Crippen molar-refractivity contribution < 1.29 is 9.00 Å². The lowest BCUT2D eigenvalue weighted by molar-refractivity contribution is 0.101. The molecule has 0 aliphatic carbocycles. The largest absolute Gasteiger partial charge is 0.326 e. The Morgan fingerprint density at radius 1 is 1.31 bits per heavy atom. The number of nitrogens with one attached hydrogen (secondary N) is 3. The van der Waals surface area contributed by atoms with Crippen LogP contribution < -0.4 is 10.6 Å². The van der Waals surface area contributed by atoms with Crippen LogP contribution in [0.2, 0.25) is 0 Å². The first kappa shape index (κ1) is 19.6. The van der Waals surface area contributed by atoms with Crippen LogP contribution in [0.15, 0.2) is 30.5 Å². The quantitative estimate of drug-likeness (QED) is 0.719. The zero-order valence-corrected chi connectivity index (χ0v) is 16.8. The maximum absolute atomic E-state index is 12.6. The smallest absolute Gasteiger partial charge is 0.291 e. The molecule has 7 nitrogen and oxygen atoms in total. The van der Waals surface area contributed by atoms with Gasteiger partial charge in [0.05, 0.1) is 6.20 Å². The topological polar surface area (TPSA) is 111 Å². The first-order valence-corrected chi connectivity index (χ1v) is 11.3. The van der Waals surface area contributed by atoms with Crippen LogP contribution >= 0.6 is 0 Å². The van der Waals surface area contributed by atoms with Gasteiger partial charge in [-0.05, 0) is 61.5 Å². The van der Waals surface area contributed by atoms with E-state index in [1.54, 1.807) is 0 Å². The molecule has 1 atom stereocenters. The van der Waals surface area contributed by atoms with Gasteiger partial charge < -0.3 is 15.6 Å². The maximum Gasteiger partial charge on any atom is 0.291 e. The van der Waals surface area contributed by atoms with Crippen molar-refractivity contribution in [3.63, 3.8) is 0 Å². The number of carbonyl (C=O) groups is 1. The Kier molecular flexibility index (Phi) is 5.88. The van der Waals surface area contributed by atoms with Gasteiger partial charge in [0.2, 0.25) is 0 Å². The second-order valence-electron chi connectivity index (χ2n) is 7.33. The highest BCUT2D eigenvalue weighted by Crippen LogP contribution is 2.34. The van der Waals surface area contributed by atoms with Crippen LogP contribution in [0.4, 0.5) is 5.69 Å². The summed E-state index contributed by atoms with van der Waals surface area (Å²) in [6.07, 6.45) is 6.28. The molecule has 29 heavy (non-hydrogen) atoms. The summed E-state index contributed by atoms with van der Waals surface area (Å²) >= 11 is 0. The average molecular weight is 410 g/mol. The predicted molar refractivity (Wildman–Crippen MR) is 113 cm³/mol. The molecule has 1 saturated heterocycles. The molecule has 2 aliphatic rings. The summed E-state index contributed by atoms with van der Waals surface area (Å²) in [6, 6.07) is 8.14.